The third-order valence-corrected chi connectivity index (χ3v) is 3.49. The number of aromatic nitrogens is 2. The van der Waals surface area contributed by atoms with E-state index in [4.69, 9.17) is 0 Å². The molecule has 0 fully saturated rings. The number of halogens is 1. The van der Waals surface area contributed by atoms with Gasteiger partial charge in [0.05, 0.1) is 0 Å². The fraction of sp³-hybridized carbons (Fsp3) is 0.375. The van der Waals surface area contributed by atoms with Crippen LogP contribution in [0.15, 0.2) is 36.7 Å². The molecule has 2 nitrogen and oxygen atoms in total. The number of rotatable bonds is 3. The predicted molar refractivity (Wildman–Crippen MR) is 83.7 cm³/mol. The predicted octanol–water partition coefficient (Wildman–Crippen LogP) is 4.38. The van der Waals surface area contributed by atoms with Gasteiger partial charge in [0.2, 0.25) is 0 Å². The van der Waals surface area contributed by atoms with Gasteiger partial charge in [0.25, 0.3) is 0 Å². The van der Waals surface area contributed by atoms with E-state index in [1.165, 1.54) is 5.56 Å². The maximum absolute atomic E-state index is 4.43. The molecule has 0 aliphatic carbocycles. The number of hydrogen-bond acceptors (Lipinski definition) is 2. The molecule has 1 aromatic carbocycles. The molecule has 0 radical (unpaired) electrons. The van der Waals surface area contributed by atoms with Crippen molar-refractivity contribution in [2.75, 3.05) is 5.33 Å². The van der Waals surface area contributed by atoms with Gasteiger partial charge in [0.1, 0.15) is 0 Å². The standard InChI is InChI=1S/C16H19BrN2/c1-16(2,3)14-6-4-13(5-7-14)15-18-10-12(8-9-17)11-19-15/h4-7,10-11H,8-9H2,1-3H3. The van der Waals surface area contributed by atoms with E-state index < -0.39 is 0 Å². The highest BCUT2D eigenvalue weighted by molar-refractivity contribution is 9.09. The molecule has 19 heavy (non-hydrogen) atoms. The zero-order valence-corrected chi connectivity index (χ0v) is 13.2. The van der Waals surface area contributed by atoms with E-state index in [0.717, 1.165) is 28.7 Å². The zero-order chi connectivity index (χ0) is 13.9. The highest BCUT2D eigenvalue weighted by Gasteiger charge is 2.13. The van der Waals surface area contributed by atoms with E-state index in [2.05, 4.69) is 70.9 Å². The van der Waals surface area contributed by atoms with Gasteiger partial charge < -0.3 is 0 Å². The Bertz CT molecular complexity index is 524. The van der Waals surface area contributed by atoms with E-state index in [-0.39, 0.29) is 5.41 Å². The Morgan fingerprint density at radius 2 is 1.58 bits per heavy atom. The molecule has 0 N–H and O–H groups in total. The lowest BCUT2D eigenvalue weighted by Gasteiger charge is -2.18. The van der Waals surface area contributed by atoms with Crippen molar-refractivity contribution in [2.45, 2.75) is 32.6 Å². The van der Waals surface area contributed by atoms with Gasteiger partial charge in [-0.2, -0.15) is 0 Å². The number of aryl methyl sites for hydroxylation is 1. The summed E-state index contributed by atoms with van der Waals surface area (Å²) in [5.74, 6) is 0.791. The third kappa shape index (κ3) is 3.63. The molecule has 0 aliphatic heterocycles. The van der Waals surface area contributed by atoms with Gasteiger partial charge in [-0.15, -0.1) is 0 Å². The van der Waals surface area contributed by atoms with Crippen LogP contribution in [0.25, 0.3) is 11.4 Å². The molecule has 3 heteroatoms. The molecule has 1 aromatic heterocycles. The average Bonchev–Trinajstić information content (AvgIpc) is 2.39. The van der Waals surface area contributed by atoms with Gasteiger partial charge in [0, 0.05) is 23.3 Å². The number of nitrogens with zero attached hydrogens (tertiary/aromatic N) is 2. The minimum absolute atomic E-state index is 0.180. The van der Waals surface area contributed by atoms with Crippen molar-refractivity contribution < 1.29 is 0 Å². The van der Waals surface area contributed by atoms with E-state index in [9.17, 15) is 0 Å². The first-order valence-electron chi connectivity index (χ1n) is 6.48. The summed E-state index contributed by atoms with van der Waals surface area (Å²) in [7, 11) is 0. The lowest BCUT2D eigenvalue weighted by molar-refractivity contribution is 0.590. The van der Waals surface area contributed by atoms with Crippen molar-refractivity contribution in [2.24, 2.45) is 0 Å². The van der Waals surface area contributed by atoms with Crippen molar-refractivity contribution in [1.82, 2.24) is 9.97 Å². The maximum atomic E-state index is 4.43. The van der Waals surface area contributed by atoms with Gasteiger partial charge in [-0.3, -0.25) is 0 Å². The summed E-state index contributed by atoms with van der Waals surface area (Å²) < 4.78 is 0. The Morgan fingerprint density at radius 1 is 1.00 bits per heavy atom. The van der Waals surface area contributed by atoms with Crippen LogP contribution in [-0.4, -0.2) is 15.3 Å². The Kier molecular flexibility index (Phi) is 4.35. The summed E-state index contributed by atoms with van der Waals surface area (Å²) in [6, 6.07) is 8.51. The first-order chi connectivity index (χ1) is 9.00. The normalized spacial score (nSPS) is 11.6. The SMILES string of the molecule is CC(C)(C)c1ccc(-c2ncc(CCBr)cn2)cc1. The van der Waals surface area contributed by atoms with Crippen molar-refractivity contribution >= 4 is 15.9 Å². The first kappa shape index (κ1) is 14.2. The monoisotopic (exact) mass is 318 g/mol. The molecular weight excluding hydrogens is 300 g/mol. The second kappa shape index (κ2) is 5.83. The van der Waals surface area contributed by atoms with Crippen LogP contribution in [0.2, 0.25) is 0 Å². The molecule has 1 heterocycles. The minimum atomic E-state index is 0.180. The number of benzene rings is 1. The van der Waals surface area contributed by atoms with Gasteiger partial charge in [0.15, 0.2) is 5.82 Å². The van der Waals surface area contributed by atoms with Crippen molar-refractivity contribution in [1.29, 1.82) is 0 Å². The van der Waals surface area contributed by atoms with Crippen LogP contribution < -0.4 is 0 Å². The molecule has 0 unspecified atom stereocenters. The number of alkyl halides is 1. The Labute approximate surface area is 123 Å². The van der Waals surface area contributed by atoms with E-state index in [1.54, 1.807) is 0 Å². The Morgan fingerprint density at radius 3 is 2.05 bits per heavy atom. The quantitative estimate of drug-likeness (QED) is 0.785. The second-order valence-corrected chi connectivity index (χ2v) is 6.47. The smallest absolute Gasteiger partial charge is 0.159 e. The van der Waals surface area contributed by atoms with Crippen molar-refractivity contribution in [3.8, 4) is 11.4 Å². The summed E-state index contributed by atoms with van der Waals surface area (Å²) in [6.07, 6.45) is 4.77. The van der Waals surface area contributed by atoms with Crippen molar-refractivity contribution in [3.63, 3.8) is 0 Å². The molecule has 2 rings (SSSR count). The van der Waals surface area contributed by atoms with E-state index >= 15 is 0 Å². The fourth-order valence-corrected chi connectivity index (χ4v) is 2.32. The molecule has 0 saturated carbocycles. The summed E-state index contributed by atoms with van der Waals surface area (Å²) in [4.78, 5) is 8.85. The summed E-state index contributed by atoms with van der Waals surface area (Å²) in [5.41, 5.74) is 3.73. The van der Waals surface area contributed by atoms with Crippen molar-refractivity contribution in [3.05, 3.63) is 47.8 Å². The highest BCUT2D eigenvalue weighted by Crippen LogP contribution is 2.24. The lowest BCUT2D eigenvalue weighted by atomic mass is 9.87. The highest BCUT2D eigenvalue weighted by atomic mass is 79.9. The molecule has 0 amide bonds. The minimum Gasteiger partial charge on any atom is -0.236 e. The summed E-state index contributed by atoms with van der Waals surface area (Å²) in [6.45, 7) is 6.65. The Hall–Kier alpha value is -1.22. The average molecular weight is 319 g/mol. The van der Waals surface area contributed by atoms with Crippen LogP contribution in [0, 0.1) is 0 Å². The van der Waals surface area contributed by atoms with E-state index in [1.807, 2.05) is 12.4 Å². The molecular formula is C16H19BrN2. The third-order valence-electron chi connectivity index (χ3n) is 3.10. The van der Waals surface area contributed by atoms with Gasteiger partial charge >= 0.3 is 0 Å². The molecule has 0 saturated heterocycles. The number of hydrogen-bond donors (Lipinski definition) is 0. The summed E-state index contributed by atoms with van der Waals surface area (Å²) >= 11 is 3.42. The molecule has 2 aromatic rings. The first-order valence-corrected chi connectivity index (χ1v) is 7.60. The maximum Gasteiger partial charge on any atom is 0.159 e. The van der Waals surface area contributed by atoms with Gasteiger partial charge in [-0.1, -0.05) is 61.0 Å². The topological polar surface area (TPSA) is 25.8 Å². The van der Waals surface area contributed by atoms with E-state index in [0.29, 0.717) is 0 Å². The van der Waals surface area contributed by atoms with Gasteiger partial charge in [-0.25, -0.2) is 9.97 Å². The fourth-order valence-electron chi connectivity index (χ4n) is 1.86. The molecule has 0 bridgehead atoms. The lowest BCUT2D eigenvalue weighted by Crippen LogP contribution is -2.10. The van der Waals surface area contributed by atoms with Crippen LogP contribution >= 0.6 is 15.9 Å². The van der Waals surface area contributed by atoms with Crippen LogP contribution in [0.3, 0.4) is 0 Å². The van der Waals surface area contributed by atoms with Crippen LogP contribution in [0.5, 0.6) is 0 Å². The second-order valence-electron chi connectivity index (χ2n) is 5.68. The molecule has 0 aliphatic rings. The van der Waals surface area contributed by atoms with Gasteiger partial charge in [-0.05, 0) is 23.0 Å². The van der Waals surface area contributed by atoms with Crippen LogP contribution in [0.1, 0.15) is 31.9 Å². The largest absolute Gasteiger partial charge is 0.236 e. The molecule has 100 valence electrons. The van der Waals surface area contributed by atoms with Crippen LogP contribution in [-0.2, 0) is 11.8 Å². The molecule has 0 atom stereocenters. The molecule has 0 spiro atoms. The van der Waals surface area contributed by atoms with Crippen LogP contribution in [0.4, 0.5) is 0 Å². The Balaban J connectivity index is 2.22. The summed E-state index contributed by atoms with van der Waals surface area (Å²) in [5, 5.41) is 0.940. The zero-order valence-electron chi connectivity index (χ0n) is 11.7.